The summed E-state index contributed by atoms with van der Waals surface area (Å²) >= 11 is 1.14. The lowest BCUT2D eigenvalue weighted by atomic mass is 10.3. The first-order valence-electron chi connectivity index (χ1n) is 5.90. The molecule has 0 bridgehead atoms. The molecular weight excluding hydrogens is 296 g/mol. The lowest BCUT2D eigenvalue weighted by Gasteiger charge is -2.01. The number of aryl methyl sites for hydroxylation is 1. The van der Waals surface area contributed by atoms with Crippen LogP contribution in [0.15, 0.2) is 34.7 Å². The van der Waals surface area contributed by atoms with Gasteiger partial charge in [0, 0.05) is 0 Å². The molecule has 3 rings (SSSR count). The van der Waals surface area contributed by atoms with Crippen molar-refractivity contribution in [1.29, 1.82) is 0 Å². The number of hydrogen-bond acceptors (Lipinski definition) is 5. The van der Waals surface area contributed by atoms with Crippen LogP contribution in [0, 0.1) is 6.92 Å². The van der Waals surface area contributed by atoms with Crippen molar-refractivity contribution in [3.05, 3.63) is 41.3 Å². The first kappa shape index (κ1) is 13.2. The summed E-state index contributed by atoms with van der Waals surface area (Å²) in [4.78, 5) is 11.3. The SMILES string of the molecule is Cc1ncc(S(=O)(=O)NCc2nc3ccccc3[nH]2)s1. The van der Waals surface area contributed by atoms with Crippen LogP contribution in [0.1, 0.15) is 10.8 Å². The van der Waals surface area contributed by atoms with Crippen molar-refractivity contribution in [2.45, 2.75) is 17.7 Å². The Morgan fingerprint density at radius 2 is 2.15 bits per heavy atom. The van der Waals surface area contributed by atoms with Crippen LogP contribution in [0.5, 0.6) is 0 Å². The van der Waals surface area contributed by atoms with Crippen molar-refractivity contribution >= 4 is 32.4 Å². The topological polar surface area (TPSA) is 87.7 Å². The van der Waals surface area contributed by atoms with Gasteiger partial charge in [-0.05, 0) is 19.1 Å². The molecule has 0 aliphatic rings. The molecule has 0 radical (unpaired) electrons. The fourth-order valence-corrected chi connectivity index (χ4v) is 3.93. The Hall–Kier alpha value is -1.77. The number of nitrogens with zero attached hydrogens (tertiary/aromatic N) is 2. The molecule has 0 saturated heterocycles. The summed E-state index contributed by atoms with van der Waals surface area (Å²) in [7, 11) is -3.53. The maximum atomic E-state index is 12.1. The van der Waals surface area contributed by atoms with Gasteiger partial charge in [-0.2, -0.15) is 0 Å². The Morgan fingerprint density at radius 3 is 2.85 bits per heavy atom. The summed E-state index contributed by atoms with van der Waals surface area (Å²) in [5.74, 6) is 0.580. The van der Waals surface area contributed by atoms with Gasteiger partial charge in [-0.15, -0.1) is 11.3 Å². The summed E-state index contributed by atoms with van der Waals surface area (Å²) in [5.41, 5.74) is 1.70. The Bertz CT molecular complexity index is 818. The zero-order valence-corrected chi connectivity index (χ0v) is 12.3. The van der Waals surface area contributed by atoms with E-state index in [0.717, 1.165) is 22.4 Å². The molecule has 0 aliphatic heterocycles. The third kappa shape index (κ3) is 2.58. The van der Waals surface area contributed by atoms with Crippen molar-refractivity contribution in [1.82, 2.24) is 19.7 Å². The number of aromatic nitrogens is 3. The molecule has 0 fully saturated rings. The number of sulfonamides is 1. The van der Waals surface area contributed by atoms with Crippen molar-refractivity contribution in [2.24, 2.45) is 0 Å². The van der Waals surface area contributed by atoms with Gasteiger partial charge in [0.15, 0.2) is 4.21 Å². The van der Waals surface area contributed by atoms with Gasteiger partial charge < -0.3 is 4.98 Å². The van der Waals surface area contributed by atoms with E-state index in [1.54, 1.807) is 6.92 Å². The lowest BCUT2D eigenvalue weighted by Crippen LogP contribution is -2.23. The molecule has 0 atom stereocenters. The molecular formula is C12H12N4O2S2. The lowest BCUT2D eigenvalue weighted by molar-refractivity contribution is 0.581. The smallest absolute Gasteiger partial charge is 0.252 e. The van der Waals surface area contributed by atoms with Gasteiger partial charge in [0.05, 0.1) is 28.8 Å². The van der Waals surface area contributed by atoms with Crippen LogP contribution in [0.4, 0.5) is 0 Å². The number of benzene rings is 1. The zero-order chi connectivity index (χ0) is 14.2. The van der Waals surface area contributed by atoms with Gasteiger partial charge in [0.25, 0.3) is 10.0 Å². The number of para-hydroxylation sites is 2. The average Bonchev–Trinajstić information content (AvgIpc) is 3.02. The van der Waals surface area contributed by atoms with E-state index in [0.29, 0.717) is 10.8 Å². The Morgan fingerprint density at radius 1 is 1.35 bits per heavy atom. The van der Waals surface area contributed by atoms with Crippen LogP contribution in [0.25, 0.3) is 11.0 Å². The van der Waals surface area contributed by atoms with Crippen LogP contribution in [-0.2, 0) is 16.6 Å². The molecule has 0 aliphatic carbocycles. The van der Waals surface area contributed by atoms with Crippen LogP contribution in [0.3, 0.4) is 0 Å². The summed E-state index contributed by atoms with van der Waals surface area (Å²) in [5, 5.41) is 0.717. The minimum atomic E-state index is -3.53. The van der Waals surface area contributed by atoms with Crippen LogP contribution in [0.2, 0.25) is 0 Å². The molecule has 0 spiro atoms. The second kappa shape index (κ2) is 4.97. The third-order valence-electron chi connectivity index (χ3n) is 2.73. The van der Waals surface area contributed by atoms with Gasteiger partial charge in [-0.1, -0.05) is 12.1 Å². The number of aromatic amines is 1. The highest BCUT2D eigenvalue weighted by atomic mass is 32.2. The summed E-state index contributed by atoms with van der Waals surface area (Å²) < 4.78 is 26.8. The van der Waals surface area contributed by atoms with Crippen molar-refractivity contribution in [2.75, 3.05) is 0 Å². The van der Waals surface area contributed by atoms with E-state index in [1.165, 1.54) is 6.20 Å². The van der Waals surface area contributed by atoms with Crippen molar-refractivity contribution < 1.29 is 8.42 Å². The molecule has 2 aromatic heterocycles. The second-order valence-electron chi connectivity index (χ2n) is 4.22. The molecule has 0 saturated carbocycles. The van der Waals surface area contributed by atoms with Crippen molar-refractivity contribution in [3.63, 3.8) is 0 Å². The Kier molecular flexibility index (Phi) is 3.28. The molecule has 2 heterocycles. The highest BCUT2D eigenvalue weighted by Gasteiger charge is 2.17. The molecule has 3 aromatic rings. The molecule has 6 nitrogen and oxygen atoms in total. The first-order valence-corrected chi connectivity index (χ1v) is 8.20. The predicted octanol–water partition coefficient (Wildman–Crippen LogP) is 1.81. The molecule has 20 heavy (non-hydrogen) atoms. The maximum absolute atomic E-state index is 12.1. The predicted molar refractivity (Wildman–Crippen MR) is 77.0 cm³/mol. The molecule has 1 aromatic carbocycles. The van der Waals surface area contributed by atoms with E-state index in [4.69, 9.17) is 0 Å². The quantitative estimate of drug-likeness (QED) is 0.769. The molecule has 104 valence electrons. The minimum absolute atomic E-state index is 0.119. The Labute approximate surface area is 119 Å². The number of imidazole rings is 1. The third-order valence-corrected chi connectivity index (χ3v) is 5.51. The average molecular weight is 308 g/mol. The van der Waals surface area contributed by atoms with Crippen LogP contribution in [-0.4, -0.2) is 23.4 Å². The van der Waals surface area contributed by atoms with Crippen LogP contribution < -0.4 is 4.72 Å². The number of hydrogen-bond donors (Lipinski definition) is 2. The largest absolute Gasteiger partial charge is 0.341 e. The fraction of sp³-hybridized carbons (Fsp3) is 0.167. The highest BCUT2D eigenvalue weighted by Crippen LogP contribution is 2.18. The number of H-pyrrole nitrogens is 1. The van der Waals surface area contributed by atoms with E-state index < -0.39 is 10.0 Å². The monoisotopic (exact) mass is 308 g/mol. The van der Waals surface area contributed by atoms with E-state index in [2.05, 4.69) is 19.7 Å². The summed E-state index contributed by atoms with van der Waals surface area (Å²) in [6.07, 6.45) is 1.36. The number of fused-ring (bicyclic) bond motifs is 1. The minimum Gasteiger partial charge on any atom is -0.341 e. The van der Waals surface area contributed by atoms with E-state index in [-0.39, 0.29) is 10.8 Å². The molecule has 0 unspecified atom stereocenters. The number of nitrogens with one attached hydrogen (secondary N) is 2. The standard InChI is InChI=1S/C12H12N4O2S2/c1-8-13-7-12(19-8)20(17,18)14-6-11-15-9-4-2-3-5-10(9)16-11/h2-5,7,14H,6H2,1H3,(H,15,16). The first-order chi connectivity index (χ1) is 9.54. The second-order valence-corrected chi connectivity index (χ2v) is 7.45. The van der Waals surface area contributed by atoms with E-state index in [9.17, 15) is 8.42 Å². The van der Waals surface area contributed by atoms with Crippen molar-refractivity contribution in [3.8, 4) is 0 Å². The van der Waals surface area contributed by atoms with Gasteiger partial charge >= 0.3 is 0 Å². The van der Waals surface area contributed by atoms with E-state index >= 15 is 0 Å². The number of thiazole rings is 1. The normalized spacial score (nSPS) is 12.1. The summed E-state index contributed by atoms with van der Waals surface area (Å²) in [6, 6.07) is 7.55. The van der Waals surface area contributed by atoms with Gasteiger partial charge in [-0.3, -0.25) is 0 Å². The fourth-order valence-electron chi connectivity index (χ4n) is 1.79. The van der Waals surface area contributed by atoms with Gasteiger partial charge in [-0.25, -0.2) is 23.1 Å². The molecule has 2 N–H and O–H groups in total. The van der Waals surface area contributed by atoms with E-state index in [1.807, 2.05) is 24.3 Å². The molecule has 0 amide bonds. The van der Waals surface area contributed by atoms with Gasteiger partial charge in [0.1, 0.15) is 5.82 Å². The Balaban J connectivity index is 1.79. The molecule has 8 heteroatoms. The maximum Gasteiger partial charge on any atom is 0.252 e. The number of rotatable bonds is 4. The summed E-state index contributed by atoms with van der Waals surface area (Å²) in [6.45, 7) is 1.89. The highest BCUT2D eigenvalue weighted by molar-refractivity contribution is 7.91. The van der Waals surface area contributed by atoms with Gasteiger partial charge in [0.2, 0.25) is 0 Å². The zero-order valence-electron chi connectivity index (χ0n) is 10.6. The van der Waals surface area contributed by atoms with Crippen LogP contribution >= 0.6 is 11.3 Å².